The van der Waals surface area contributed by atoms with Crippen molar-refractivity contribution >= 4 is 0 Å². The zero-order chi connectivity index (χ0) is 15.6. The highest BCUT2D eigenvalue weighted by Gasteiger charge is 2.23. The van der Waals surface area contributed by atoms with Crippen LogP contribution in [0.2, 0.25) is 0 Å². The fourth-order valence-electron chi connectivity index (χ4n) is 2.85. The van der Waals surface area contributed by atoms with Crippen LogP contribution in [0.4, 0.5) is 0 Å². The van der Waals surface area contributed by atoms with Gasteiger partial charge in [-0.1, -0.05) is 0 Å². The summed E-state index contributed by atoms with van der Waals surface area (Å²) in [6.07, 6.45) is 1.21. The molecule has 1 N–H and O–H groups in total. The maximum atomic E-state index is 11.8. The lowest BCUT2D eigenvalue weighted by Crippen LogP contribution is -2.39. The highest BCUT2D eigenvalue weighted by molar-refractivity contribution is 5.01. The van der Waals surface area contributed by atoms with Gasteiger partial charge in [-0.25, -0.2) is 4.79 Å². The van der Waals surface area contributed by atoms with Crippen LogP contribution in [-0.2, 0) is 20.6 Å². The number of nitrogens with one attached hydrogen (secondary N) is 1. The fourth-order valence-corrected chi connectivity index (χ4v) is 2.85. The number of aromatic nitrogens is 2. The summed E-state index contributed by atoms with van der Waals surface area (Å²) in [5, 5.41) is 3.38. The van der Waals surface area contributed by atoms with Gasteiger partial charge in [0.1, 0.15) is 0 Å². The maximum Gasteiger partial charge on any atom is 0.330 e. The molecule has 0 saturated carbocycles. The van der Waals surface area contributed by atoms with Crippen LogP contribution in [0, 0.1) is 5.92 Å². The van der Waals surface area contributed by atoms with E-state index in [0.717, 1.165) is 29.9 Å². The van der Waals surface area contributed by atoms with Gasteiger partial charge >= 0.3 is 5.69 Å². The second kappa shape index (κ2) is 6.58. The number of likely N-dealkylation sites (tertiary alicyclic amines) is 1. The third kappa shape index (κ3) is 3.63. The molecule has 1 atom stereocenters. The molecule has 0 radical (unpaired) electrons. The van der Waals surface area contributed by atoms with Crippen molar-refractivity contribution in [3.05, 3.63) is 32.6 Å². The van der Waals surface area contributed by atoms with Crippen molar-refractivity contribution in [2.75, 3.05) is 19.6 Å². The molecule has 1 fully saturated rings. The zero-order valence-electron chi connectivity index (χ0n) is 13.4. The SMILES string of the molecule is CC(C)N1CCC(CNCc2cc(=O)n(C)c(=O)n2C)C1. The highest BCUT2D eigenvalue weighted by Crippen LogP contribution is 2.17. The van der Waals surface area contributed by atoms with E-state index in [0.29, 0.717) is 18.5 Å². The molecule has 21 heavy (non-hydrogen) atoms. The first-order valence-corrected chi connectivity index (χ1v) is 7.61. The summed E-state index contributed by atoms with van der Waals surface area (Å²) in [7, 11) is 3.20. The molecule has 2 rings (SSSR count). The minimum absolute atomic E-state index is 0.248. The summed E-state index contributed by atoms with van der Waals surface area (Å²) < 4.78 is 2.66. The molecular weight excluding hydrogens is 268 g/mol. The zero-order valence-corrected chi connectivity index (χ0v) is 13.4. The molecule has 0 aromatic carbocycles. The lowest BCUT2D eigenvalue weighted by Gasteiger charge is -2.20. The van der Waals surface area contributed by atoms with E-state index in [2.05, 4.69) is 24.1 Å². The number of hydrogen-bond donors (Lipinski definition) is 1. The molecule has 6 nitrogen and oxygen atoms in total. The number of nitrogens with zero attached hydrogens (tertiary/aromatic N) is 3. The summed E-state index contributed by atoms with van der Waals surface area (Å²) >= 11 is 0. The van der Waals surface area contributed by atoms with Gasteiger partial charge in [-0.15, -0.1) is 0 Å². The molecule has 1 aliphatic heterocycles. The second-order valence-corrected chi connectivity index (χ2v) is 6.25. The summed E-state index contributed by atoms with van der Waals surface area (Å²) in [4.78, 5) is 26.0. The van der Waals surface area contributed by atoms with Crippen molar-refractivity contribution < 1.29 is 0 Å². The van der Waals surface area contributed by atoms with Crippen molar-refractivity contribution in [1.29, 1.82) is 0 Å². The Morgan fingerprint density at radius 2 is 2.00 bits per heavy atom. The Kier molecular flexibility index (Phi) is 5.00. The minimum Gasteiger partial charge on any atom is -0.311 e. The highest BCUT2D eigenvalue weighted by atomic mass is 16.2. The molecule has 1 unspecified atom stereocenters. The van der Waals surface area contributed by atoms with Gasteiger partial charge in [0.15, 0.2) is 0 Å². The maximum absolute atomic E-state index is 11.8. The average Bonchev–Trinajstić information content (AvgIpc) is 2.91. The molecule has 1 aliphatic rings. The smallest absolute Gasteiger partial charge is 0.311 e. The standard InChI is InChI=1S/C15H26N4O2/c1-11(2)19-6-5-12(10-19)8-16-9-13-7-14(20)18(4)15(21)17(13)3/h7,11-12,16H,5-6,8-10H2,1-4H3. The average molecular weight is 294 g/mol. The molecule has 0 aliphatic carbocycles. The van der Waals surface area contributed by atoms with Crippen molar-refractivity contribution in [2.24, 2.45) is 20.0 Å². The van der Waals surface area contributed by atoms with Crippen molar-refractivity contribution in [3.8, 4) is 0 Å². The topological polar surface area (TPSA) is 59.3 Å². The molecular formula is C15H26N4O2. The Hall–Kier alpha value is -1.40. The van der Waals surface area contributed by atoms with E-state index in [1.807, 2.05) is 0 Å². The summed E-state index contributed by atoms with van der Waals surface area (Å²) in [5.74, 6) is 0.649. The third-order valence-corrected chi connectivity index (χ3v) is 4.41. The van der Waals surface area contributed by atoms with E-state index in [9.17, 15) is 9.59 Å². The molecule has 118 valence electrons. The Morgan fingerprint density at radius 3 is 2.62 bits per heavy atom. The van der Waals surface area contributed by atoms with Gasteiger partial charge < -0.3 is 10.2 Å². The largest absolute Gasteiger partial charge is 0.330 e. The van der Waals surface area contributed by atoms with Crippen LogP contribution in [0.5, 0.6) is 0 Å². The lowest BCUT2D eigenvalue weighted by atomic mass is 10.1. The number of hydrogen-bond acceptors (Lipinski definition) is 4. The Morgan fingerprint density at radius 1 is 1.29 bits per heavy atom. The first kappa shape index (κ1) is 16.0. The lowest BCUT2D eigenvalue weighted by molar-refractivity contribution is 0.264. The van der Waals surface area contributed by atoms with Crippen molar-refractivity contribution in [1.82, 2.24) is 19.4 Å². The van der Waals surface area contributed by atoms with E-state index in [-0.39, 0.29) is 11.2 Å². The molecule has 0 amide bonds. The van der Waals surface area contributed by atoms with Crippen LogP contribution < -0.4 is 16.6 Å². The Labute approximate surface area is 125 Å². The summed E-state index contributed by atoms with van der Waals surface area (Å²) in [5.41, 5.74) is 0.217. The van der Waals surface area contributed by atoms with Crippen LogP contribution in [0.3, 0.4) is 0 Å². The molecule has 6 heteroatoms. The Balaban J connectivity index is 1.90. The quantitative estimate of drug-likeness (QED) is 0.824. The Bertz CT molecular complexity index is 603. The molecule has 0 bridgehead atoms. The van der Waals surface area contributed by atoms with Crippen LogP contribution >= 0.6 is 0 Å². The predicted molar refractivity (Wildman–Crippen MR) is 83.4 cm³/mol. The van der Waals surface area contributed by atoms with Gasteiger partial charge in [0.05, 0.1) is 0 Å². The predicted octanol–water partition coefficient (Wildman–Crippen LogP) is -0.0961. The van der Waals surface area contributed by atoms with Crippen LogP contribution in [0.15, 0.2) is 15.7 Å². The first-order chi connectivity index (χ1) is 9.90. The van der Waals surface area contributed by atoms with E-state index >= 15 is 0 Å². The van der Waals surface area contributed by atoms with E-state index in [1.165, 1.54) is 24.1 Å². The van der Waals surface area contributed by atoms with Gasteiger partial charge in [-0.05, 0) is 39.3 Å². The molecule has 1 saturated heterocycles. The van der Waals surface area contributed by atoms with Gasteiger partial charge in [-0.3, -0.25) is 13.9 Å². The van der Waals surface area contributed by atoms with E-state index in [4.69, 9.17) is 0 Å². The van der Waals surface area contributed by atoms with Crippen LogP contribution in [-0.4, -0.2) is 39.7 Å². The molecule has 0 spiro atoms. The normalized spacial score (nSPS) is 19.6. The van der Waals surface area contributed by atoms with Gasteiger partial charge in [0.2, 0.25) is 0 Å². The summed E-state index contributed by atoms with van der Waals surface area (Å²) in [6, 6.07) is 2.14. The van der Waals surface area contributed by atoms with E-state index < -0.39 is 0 Å². The fraction of sp³-hybridized carbons (Fsp3) is 0.733. The van der Waals surface area contributed by atoms with Gasteiger partial charge in [0, 0.05) is 45.0 Å². The minimum atomic E-state index is -0.272. The molecule has 1 aromatic heterocycles. The second-order valence-electron chi connectivity index (χ2n) is 6.25. The first-order valence-electron chi connectivity index (χ1n) is 7.61. The van der Waals surface area contributed by atoms with Gasteiger partial charge in [0.25, 0.3) is 5.56 Å². The number of rotatable bonds is 5. The molecule has 1 aromatic rings. The summed E-state index contributed by atoms with van der Waals surface area (Å²) in [6.45, 7) is 8.22. The van der Waals surface area contributed by atoms with Crippen molar-refractivity contribution in [3.63, 3.8) is 0 Å². The van der Waals surface area contributed by atoms with Crippen LogP contribution in [0.25, 0.3) is 0 Å². The van der Waals surface area contributed by atoms with Crippen molar-refractivity contribution in [2.45, 2.75) is 32.9 Å². The monoisotopic (exact) mass is 294 g/mol. The molecule has 2 heterocycles. The van der Waals surface area contributed by atoms with E-state index in [1.54, 1.807) is 7.05 Å². The third-order valence-electron chi connectivity index (χ3n) is 4.41. The van der Waals surface area contributed by atoms with Crippen LogP contribution in [0.1, 0.15) is 26.0 Å². The van der Waals surface area contributed by atoms with Gasteiger partial charge in [-0.2, -0.15) is 0 Å².